The van der Waals surface area contributed by atoms with Gasteiger partial charge in [-0.05, 0) is 41.8 Å². The number of carbonyl (C=O) groups is 2. The highest BCUT2D eigenvalue weighted by molar-refractivity contribution is 9.11. The molecule has 0 aromatic carbocycles. The summed E-state index contributed by atoms with van der Waals surface area (Å²) in [4.78, 5) is 26.6. The summed E-state index contributed by atoms with van der Waals surface area (Å²) >= 11 is 4.88. The molecule has 1 fully saturated rings. The Balaban J connectivity index is 1.52. The molecule has 0 aliphatic carbocycles. The van der Waals surface area contributed by atoms with Crippen LogP contribution in [0.2, 0.25) is 0 Å². The summed E-state index contributed by atoms with van der Waals surface area (Å²) in [5, 5.41) is 8.92. The number of hydrogen-bond acceptors (Lipinski definition) is 4. The van der Waals surface area contributed by atoms with Gasteiger partial charge in [0.15, 0.2) is 0 Å². The van der Waals surface area contributed by atoms with Gasteiger partial charge in [-0.1, -0.05) is 0 Å². The largest absolute Gasteiger partial charge is 0.339 e. The van der Waals surface area contributed by atoms with Crippen molar-refractivity contribution in [1.29, 1.82) is 0 Å². The van der Waals surface area contributed by atoms with Gasteiger partial charge in [0.05, 0.1) is 21.2 Å². The minimum atomic E-state index is -0.0618. The molecule has 6 nitrogen and oxygen atoms in total. The van der Waals surface area contributed by atoms with E-state index >= 15 is 0 Å². The Morgan fingerprint density at radius 2 is 2.17 bits per heavy atom. The van der Waals surface area contributed by atoms with Crippen LogP contribution < -0.4 is 5.32 Å². The van der Waals surface area contributed by atoms with Crippen molar-refractivity contribution in [3.8, 4) is 0 Å². The number of anilines is 1. The van der Waals surface area contributed by atoms with E-state index in [4.69, 9.17) is 0 Å². The zero-order valence-electron chi connectivity index (χ0n) is 13.4. The third-order valence-electron chi connectivity index (χ3n) is 4.19. The molecular formula is C16H19BrN4O2S. The van der Waals surface area contributed by atoms with Crippen molar-refractivity contribution in [3.05, 3.63) is 33.2 Å². The molecular weight excluding hydrogens is 392 g/mol. The molecule has 1 saturated heterocycles. The predicted octanol–water partition coefficient (Wildman–Crippen LogP) is 3.22. The number of hydrogen-bond donors (Lipinski definition) is 1. The summed E-state index contributed by atoms with van der Waals surface area (Å²) < 4.78 is 2.73. The van der Waals surface area contributed by atoms with E-state index in [1.54, 1.807) is 10.9 Å². The Morgan fingerprint density at radius 3 is 2.75 bits per heavy atom. The molecule has 0 saturated carbocycles. The van der Waals surface area contributed by atoms with Gasteiger partial charge in [-0.25, -0.2) is 0 Å². The zero-order valence-corrected chi connectivity index (χ0v) is 15.8. The van der Waals surface area contributed by atoms with Gasteiger partial charge in [0, 0.05) is 37.1 Å². The summed E-state index contributed by atoms with van der Waals surface area (Å²) in [6, 6.07) is 1.84. The number of rotatable bonds is 4. The Bertz CT molecular complexity index is 734. The molecule has 1 N–H and O–H groups in total. The van der Waals surface area contributed by atoms with Gasteiger partial charge >= 0.3 is 0 Å². The number of carbonyl (C=O) groups excluding carboxylic acids is 2. The maximum Gasteiger partial charge on any atom is 0.254 e. The second-order valence-electron chi connectivity index (χ2n) is 5.78. The van der Waals surface area contributed by atoms with Crippen LogP contribution in [0.15, 0.2) is 27.6 Å². The molecule has 0 bridgehead atoms. The molecule has 3 rings (SSSR count). The van der Waals surface area contributed by atoms with E-state index in [2.05, 4.69) is 26.3 Å². The Labute approximate surface area is 153 Å². The summed E-state index contributed by atoms with van der Waals surface area (Å²) in [6.07, 6.45) is 4.86. The highest BCUT2D eigenvalue weighted by atomic mass is 79.9. The SMILES string of the molecule is CCn1cc(NC(=O)C2CCN(C(=O)c3csc(Br)c3)CC2)cn1. The molecule has 1 aliphatic heterocycles. The first-order valence-corrected chi connectivity index (χ1v) is 9.60. The maximum atomic E-state index is 12.4. The number of aromatic nitrogens is 2. The number of nitrogens with zero attached hydrogens (tertiary/aromatic N) is 3. The third kappa shape index (κ3) is 3.87. The van der Waals surface area contributed by atoms with E-state index in [0.717, 1.165) is 16.0 Å². The number of nitrogens with one attached hydrogen (secondary N) is 1. The van der Waals surface area contributed by atoms with Crippen LogP contribution in [0.3, 0.4) is 0 Å². The molecule has 24 heavy (non-hydrogen) atoms. The minimum Gasteiger partial charge on any atom is -0.339 e. The lowest BCUT2D eigenvalue weighted by molar-refractivity contribution is -0.121. The summed E-state index contributed by atoms with van der Waals surface area (Å²) in [5.74, 6) is -0.00991. The smallest absolute Gasteiger partial charge is 0.254 e. The number of thiophene rings is 1. The lowest BCUT2D eigenvalue weighted by Gasteiger charge is -2.31. The van der Waals surface area contributed by atoms with Crippen LogP contribution in [0.4, 0.5) is 5.69 Å². The van der Waals surface area contributed by atoms with E-state index in [1.165, 1.54) is 11.3 Å². The van der Waals surface area contributed by atoms with Gasteiger partial charge < -0.3 is 10.2 Å². The first-order valence-electron chi connectivity index (χ1n) is 7.93. The van der Waals surface area contributed by atoms with E-state index < -0.39 is 0 Å². The predicted molar refractivity (Wildman–Crippen MR) is 97.2 cm³/mol. The standard InChI is InChI=1S/C16H19BrN4O2S/c1-2-21-9-13(8-18-21)19-15(22)11-3-5-20(6-4-11)16(23)12-7-14(17)24-10-12/h7-11H,2-6H2,1H3,(H,19,22). The van der Waals surface area contributed by atoms with Crippen molar-refractivity contribution in [3.63, 3.8) is 0 Å². The molecule has 0 atom stereocenters. The Kier molecular flexibility index (Phi) is 5.35. The van der Waals surface area contributed by atoms with Gasteiger partial charge in [0.25, 0.3) is 5.91 Å². The third-order valence-corrected chi connectivity index (χ3v) is 5.70. The quantitative estimate of drug-likeness (QED) is 0.840. The fraction of sp³-hybridized carbons (Fsp3) is 0.438. The van der Waals surface area contributed by atoms with Crippen LogP contribution in [0.5, 0.6) is 0 Å². The Morgan fingerprint density at radius 1 is 1.42 bits per heavy atom. The fourth-order valence-corrected chi connectivity index (χ4v) is 3.93. The molecule has 8 heteroatoms. The molecule has 0 spiro atoms. The van der Waals surface area contributed by atoms with Gasteiger partial charge in [-0.3, -0.25) is 14.3 Å². The van der Waals surface area contributed by atoms with Crippen LogP contribution in [0.25, 0.3) is 0 Å². The van der Waals surface area contributed by atoms with Crippen molar-refractivity contribution in [2.75, 3.05) is 18.4 Å². The summed E-state index contributed by atoms with van der Waals surface area (Å²) in [6.45, 7) is 3.99. The molecule has 2 aromatic heterocycles. The van der Waals surface area contributed by atoms with E-state index in [0.29, 0.717) is 31.5 Å². The van der Waals surface area contributed by atoms with Crippen LogP contribution in [0.1, 0.15) is 30.1 Å². The minimum absolute atomic E-state index is 0.0102. The normalized spacial score (nSPS) is 15.5. The highest BCUT2D eigenvalue weighted by Gasteiger charge is 2.28. The van der Waals surface area contributed by atoms with E-state index in [-0.39, 0.29) is 17.7 Å². The second-order valence-corrected chi connectivity index (χ2v) is 8.07. The molecule has 1 aliphatic rings. The molecule has 3 heterocycles. The van der Waals surface area contributed by atoms with Gasteiger partial charge in [-0.2, -0.15) is 5.10 Å². The highest BCUT2D eigenvalue weighted by Crippen LogP contribution is 2.25. The lowest BCUT2D eigenvalue weighted by atomic mass is 9.95. The van der Waals surface area contributed by atoms with Crippen LogP contribution in [-0.4, -0.2) is 39.6 Å². The molecule has 2 aromatic rings. The maximum absolute atomic E-state index is 12.4. The van der Waals surface area contributed by atoms with Crippen molar-refractivity contribution in [1.82, 2.24) is 14.7 Å². The monoisotopic (exact) mass is 410 g/mol. The number of amides is 2. The topological polar surface area (TPSA) is 67.2 Å². The van der Waals surface area contributed by atoms with Gasteiger partial charge in [0.1, 0.15) is 0 Å². The summed E-state index contributed by atoms with van der Waals surface area (Å²) in [7, 11) is 0. The number of aryl methyl sites for hydroxylation is 1. The molecule has 128 valence electrons. The van der Waals surface area contributed by atoms with Gasteiger partial charge in [-0.15, -0.1) is 11.3 Å². The number of halogens is 1. The van der Waals surface area contributed by atoms with E-state index in [9.17, 15) is 9.59 Å². The molecule has 2 amide bonds. The first-order chi connectivity index (χ1) is 11.6. The van der Waals surface area contributed by atoms with Crippen LogP contribution in [0, 0.1) is 5.92 Å². The lowest BCUT2D eigenvalue weighted by Crippen LogP contribution is -2.41. The Hall–Kier alpha value is -1.67. The average Bonchev–Trinajstić information content (AvgIpc) is 3.23. The molecule has 0 radical (unpaired) electrons. The van der Waals surface area contributed by atoms with Crippen molar-refractivity contribution < 1.29 is 9.59 Å². The van der Waals surface area contributed by atoms with Gasteiger partial charge in [0.2, 0.25) is 5.91 Å². The van der Waals surface area contributed by atoms with E-state index in [1.807, 2.05) is 29.5 Å². The van der Waals surface area contributed by atoms with Crippen molar-refractivity contribution in [2.24, 2.45) is 5.92 Å². The van der Waals surface area contributed by atoms with Crippen molar-refractivity contribution >= 4 is 44.8 Å². The second kappa shape index (κ2) is 7.48. The van der Waals surface area contributed by atoms with Crippen LogP contribution >= 0.6 is 27.3 Å². The summed E-state index contributed by atoms with van der Waals surface area (Å²) in [5.41, 5.74) is 1.44. The van der Waals surface area contributed by atoms with Crippen LogP contribution in [-0.2, 0) is 11.3 Å². The number of likely N-dealkylation sites (tertiary alicyclic amines) is 1. The molecule has 0 unspecified atom stereocenters. The number of piperidine rings is 1. The fourth-order valence-electron chi connectivity index (χ4n) is 2.79. The average molecular weight is 411 g/mol. The zero-order chi connectivity index (χ0) is 17.1. The van der Waals surface area contributed by atoms with Crippen molar-refractivity contribution in [2.45, 2.75) is 26.3 Å². The first kappa shape index (κ1) is 17.2.